The van der Waals surface area contributed by atoms with E-state index in [2.05, 4.69) is 0 Å². The second-order valence-electron chi connectivity index (χ2n) is 4.47. The van der Waals surface area contributed by atoms with E-state index in [9.17, 15) is 5.11 Å². The molecule has 0 amide bonds. The summed E-state index contributed by atoms with van der Waals surface area (Å²) in [5.74, 6) is 0.237. The molecule has 82 valence electrons. The molecule has 0 aliphatic heterocycles. The van der Waals surface area contributed by atoms with E-state index < -0.39 is 0 Å². The molecule has 2 nitrogen and oxygen atoms in total. The number of hydrogen-bond donors (Lipinski definition) is 2. The number of nitrogens with two attached hydrogens (primary N) is 1. The van der Waals surface area contributed by atoms with E-state index in [0.717, 1.165) is 18.4 Å². The Hall–Kier alpha value is -0.860. The molecule has 1 aliphatic carbocycles. The van der Waals surface area contributed by atoms with Crippen molar-refractivity contribution in [3.8, 4) is 0 Å². The number of aliphatic hydroxyl groups excluding tert-OH is 1. The van der Waals surface area contributed by atoms with Gasteiger partial charge in [-0.1, -0.05) is 43.2 Å². The number of rotatable bonds is 2. The van der Waals surface area contributed by atoms with Gasteiger partial charge in [-0.2, -0.15) is 0 Å². The Morgan fingerprint density at radius 2 is 1.80 bits per heavy atom. The fourth-order valence-corrected chi connectivity index (χ4v) is 2.48. The normalized spacial score (nSPS) is 28.7. The molecule has 0 radical (unpaired) electrons. The maximum atomic E-state index is 10.2. The van der Waals surface area contributed by atoms with Gasteiger partial charge in [-0.05, 0) is 18.4 Å². The van der Waals surface area contributed by atoms with Gasteiger partial charge >= 0.3 is 0 Å². The minimum absolute atomic E-state index is 0.161. The molecule has 1 aromatic carbocycles. The van der Waals surface area contributed by atoms with Crippen LogP contribution in [0.25, 0.3) is 0 Å². The maximum absolute atomic E-state index is 10.2. The number of aliphatic hydroxyl groups is 1. The number of hydrogen-bond acceptors (Lipinski definition) is 2. The Bertz CT molecular complexity index is 299. The summed E-state index contributed by atoms with van der Waals surface area (Å²) in [5.41, 5.74) is 7.06. The predicted molar refractivity (Wildman–Crippen MR) is 61.3 cm³/mol. The fourth-order valence-electron chi connectivity index (χ4n) is 2.48. The van der Waals surface area contributed by atoms with Crippen LogP contribution in [0.2, 0.25) is 0 Å². The summed E-state index contributed by atoms with van der Waals surface area (Å²) in [6, 6.07) is 10.0. The summed E-state index contributed by atoms with van der Waals surface area (Å²) >= 11 is 0. The van der Waals surface area contributed by atoms with Crippen molar-refractivity contribution >= 4 is 0 Å². The van der Waals surface area contributed by atoms with Gasteiger partial charge in [0.15, 0.2) is 0 Å². The van der Waals surface area contributed by atoms with Crippen molar-refractivity contribution in [2.45, 2.75) is 37.8 Å². The van der Waals surface area contributed by atoms with Gasteiger partial charge in [0, 0.05) is 12.0 Å². The van der Waals surface area contributed by atoms with Crippen molar-refractivity contribution in [1.82, 2.24) is 0 Å². The molecule has 3 N–H and O–H groups in total. The standard InChI is InChI=1S/C13H19NO/c14-12-9-5-4-8-11(12)13(15)10-6-2-1-3-7-10/h1-3,6-7,11-13,15H,4-5,8-9,14H2/t11-,12+,13+/m1/s1. The molecular formula is C13H19NO. The molecule has 0 saturated heterocycles. The van der Waals surface area contributed by atoms with Crippen LogP contribution in [0.1, 0.15) is 37.4 Å². The molecule has 0 spiro atoms. The Balaban J connectivity index is 2.09. The van der Waals surface area contributed by atoms with Crippen LogP contribution >= 0.6 is 0 Å². The van der Waals surface area contributed by atoms with Gasteiger partial charge in [0.2, 0.25) is 0 Å². The summed E-state index contributed by atoms with van der Waals surface area (Å²) in [7, 11) is 0. The van der Waals surface area contributed by atoms with Crippen molar-refractivity contribution in [2.24, 2.45) is 11.7 Å². The topological polar surface area (TPSA) is 46.2 Å². The van der Waals surface area contributed by atoms with Crippen molar-refractivity contribution < 1.29 is 5.11 Å². The monoisotopic (exact) mass is 205 g/mol. The molecule has 0 aromatic heterocycles. The lowest BCUT2D eigenvalue weighted by Crippen LogP contribution is -2.36. The Morgan fingerprint density at radius 3 is 2.47 bits per heavy atom. The highest BCUT2D eigenvalue weighted by atomic mass is 16.3. The predicted octanol–water partition coefficient (Wildman–Crippen LogP) is 2.24. The molecule has 3 atom stereocenters. The van der Waals surface area contributed by atoms with Crippen molar-refractivity contribution in [3.63, 3.8) is 0 Å². The molecule has 2 rings (SSSR count). The highest BCUT2D eigenvalue weighted by Gasteiger charge is 2.28. The van der Waals surface area contributed by atoms with E-state index in [1.165, 1.54) is 12.8 Å². The van der Waals surface area contributed by atoms with Crippen LogP contribution in [-0.4, -0.2) is 11.1 Å². The quantitative estimate of drug-likeness (QED) is 0.777. The van der Waals surface area contributed by atoms with Crippen LogP contribution in [0.5, 0.6) is 0 Å². The van der Waals surface area contributed by atoms with Gasteiger partial charge in [-0.15, -0.1) is 0 Å². The molecule has 1 fully saturated rings. The summed E-state index contributed by atoms with van der Waals surface area (Å²) in [6.07, 6.45) is 4.12. The largest absolute Gasteiger partial charge is 0.388 e. The van der Waals surface area contributed by atoms with Gasteiger partial charge in [0.25, 0.3) is 0 Å². The van der Waals surface area contributed by atoms with Crippen LogP contribution in [-0.2, 0) is 0 Å². The second kappa shape index (κ2) is 4.77. The van der Waals surface area contributed by atoms with Crippen LogP contribution in [0.4, 0.5) is 0 Å². The van der Waals surface area contributed by atoms with Crippen molar-refractivity contribution in [3.05, 3.63) is 35.9 Å². The zero-order valence-corrected chi connectivity index (χ0v) is 8.97. The smallest absolute Gasteiger partial charge is 0.0832 e. The molecule has 15 heavy (non-hydrogen) atoms. The maximum Gasteiger partial charge on any atom is 0.0832 e. The summed E-state index contributed by atoms with van der Waals surface area (Å²) < 4.78 is 0. The SMILES string of the molecule is N[C@H]1CCCC[C@H]1[C@@H](O)c1ccccc1. The lowest BCUT2D eigenvalue weighted by Gasteiger charge is -2.32. The first-order chi connectivity index (χ1) is 7.29. The molecule has 1 saturated carbocycles. The lowest BCUT2D eigenvalue weighted by atomic mass is 9.79. The van der Waals surface area contributed by atoms with E-state index in [1.807, 2.05) is 30.3 Å². The highest BCUT2D eigenvalue weighted by molar-refractivity contribution is 5.18. The zero-order valence-electron chi connectivity index (χ0n) is 8.97. The average molecular weight is 205 g/mol. The third kappa shape index (κ3) is 2.39. The van der Waals surface area contributed by atoms with Gasteiger partial charge in [-0.3, -0.25) is 0 Å². The van der Waals surface area contributed by atoms with Crippen LogP contribution in [0.15, 0.2) is 30.3 Å². The van der Waals surface area contributed by atoms with E-state index in [-0.39, 0.29) is 18.1 Å². The molecule has 1 aromatic rings. The van der Waals surface area contributed by atoms with Crippen LogP contribution in [0, 0.1) is 5.92 Å². The van der Waals surface area contributed by atoms with Gasteiger partial charge < -0.3 is 10.8 Å². The first kappa shape index (κ1) is 10.7. The number of benzene rings is 1. The molecule has 0 heterocycles. The third-order valence-corrected chi connectivity index (χ3v) is 3.42. The summed E-state index contributed by atoms with van der Waals surface area (Å²) in [5, 5.41) is 10.2. The van der Waals surface area contributed by atoms with E-state index in [4.69, 9.17) is 5.73 Å². The highest BCUT2D eigenvalue weighted by Crippen LogP contribution is 2.33. The minimum atomic E-state index is -0.388. The van der Waals surface area contributed by atoms with Crippen molar-refractivity contribution in [2.75, 3.05) is 0 Å². The fraction of sp³-hybridized carbons (Fsp3) is 0.538. The summed E-state index contributed by atoms with van der Waals surface area (Å²) in [6.45, 7) is 0. The van der Waals surface area contributed by atoms with Crippen molar-refractivity contribution in [1.29, 1.82) is 0 Å². The van der Waals surface area contributed by atoms with Gasteiger partial charge in [0.05, 0.1) is 6.10 Å². The zero-order chi connectivity index (χ0) is 10.7. The van der Waals surface area contributed by atoms with Gasteiger partial charge in [0.1, 0.15) is 0 Å². The summed E-state index contributed by atoms with van der Waals surface area (Å²) in [4.78, 5) is 0. The minimum Gasteiger partial charge on any atom is -0.388 e. The van der Waals surface area contributed by atoms with E-state index in [0.29, 0.717) is 0 Å². The lowest BCUT2D eigenvalue weighted by molar-refractivity contribution is 0.0722. The molecule has 0 unspecified atom stereocenters. The molecule has 1 aliphatic rings. The first-order valence-electron chi connectivity index (χ1n) is 5.77. The van der Waals surface area contributed by atoms with Gasteiger partial charge in [-0.25, -0.2) is 0 Å². The molecule has 0 bridgehead atoms. The van der Waals surface area contributed by atoms with Crippen LogP contribution < -0.4 is 5.73 Å². The van der Waals surface area contributed by atoms with E-state index >= 15 is 0 Å². The second-order valence-corrected chi connectivity index (χ2v) is 4.47. The van der Waals surface area contributed by atoms with E-state index in [1.54, 1.807) is 0 Å². The third-order valence-electron chi connectivity index (χ3n) is 3.42. The molecule has 2 heteroatoms. The molecular weight excluding hydrogens is 186 g/mol. The Labute approximate surface area is 91.1 Å². The Kier molecular flexibility index (Phi) is 3.39. The van der Waals surface area contributed by atoms with Crippen LogP contribution in [0.3, 0.4) is 0 Å². The average Bonchev–Trinajstić information content (AvgIpc) is 2.30. The first-order valence-corrected chi connectivity index (χ1v) is 5.77. The Morgan fingerprint density at radius 1 is 1.13 bits per heavy atom.